The number of benzene rings is 3. The molecule has 1 aliphatic heterocycles. The highest BCUT2D eigenvalue weighted by molar-refractivity contribution is 6.30. The lowest BCUT2D eigenvalue weighted by molar-refractivity contribution is -0.130. The fourth-order valence-electron chi connectivity index (χ4n) is 3.86. The van der Waals surface area contributed by atoms with E-state index < -0.39 is 0 Å². The maximum absolute atomic E-state index is 12.9. The van der Waals surface area contributed by atoms with Gasteiger partial charge in [-0.1, -0.05) is 48.0 Å². The van der Waals surface area contributed by atoms with Crippen molar-refractivity contribution >= 4 is 40.1 Å². The van der Waals surface area contributed by atoms with Gasteiger partial charge in [0.15, 0.2) is 0 Å². The number of rotatable bonds is 6. The van der Waals surface area contributed by atoms with E-state index in [2.05, 4.69) is 0 Å². The summed E-state index contributed by atoms with van der Waals surface area (Å²) in [5.41, 5.74) is 2.02. The molecule has 0 aliphatic carbocycles. The van der Waals surface area contributed by atoms with Gasteiger partial charge in [0.05, 0.1) is 0 Å². The van der Waals surface area contributed by atoms with Gasteiger partial charge in [-0.2, -0.15) is 0 Å². The Labute approximate surface area is 179 Å². The second-order valence-electron chi connectivity index (χ2n) is 7.45. The molecule has 0 N–H and O–H groups in total. The Morgan fingerprint density at radius 2 is 1.60 bits per heavy atom. The lowest BCUT2D eigenvalue weighted by Gasteiger charge is -2.27. The zero-order valence-electron chi connectivity index (χ0n) is 16.6. The van der Waals surface area contributed by atoms with Crippen molar-refractivity contribution in [1.29, 1.82) is 0 Å². The standard InChI is InChI=1S/C24H21ClN2O3/c1-26(15-16-6-2-9-18(25)14-16)21(28)12-5-13-27-23(29)19-10-3-7-17-8-4-11-20(22(17)19)24(27)30/h2-4,6-11,14H,5,12-13,15H2,1H3. The van der Waals surface area contributed by atoms with E-state index in [-0.39, 0.29) is 30.7 Å². The van der Waals surface area contributed by atoms with E-state index >= 15 is 0 Å². The molecule has 152 valence electrons. The van der Waals surface area contributed by atoms with Gasteiger partial charge in [0.2, 0.25) is 5.91 Å². The number of hydrogen-bond acceptors (Lipinski definition) is 3. The number of hydrogen-bond donors (Lipinski definition) is 0. The first kappa shape index (κ1) is 20.1. The van der Waals surface area contributed by atoms with Gasteiger partial charge < -0.3 is 4.90 Å². The zero-order valence-corrected chi connectivity index (χ0v) is 17.4. The summed E-state index contributed by atoms with van der Waals surface area (Å²) in [6.07, 6.45) is 0.661. The van der Waals surface area contributed by atoms with Crippen LogP contribution in [0.5, 0.6) is 0 Å². The lowest BCUT2D eigenvalue weighted by Crippen LogP contribution is -2.41. The Morgan fingerprint density at radius 1 is 0.967 bits per heavy atom. The average molecular weight is 421 g/mol. The monoisotopic (exact) mass is 420 g/mol. The highest BCUT2D eigenvalue weighted by atomic mass is 35.5. The van der Waals surface area contributed by atoms with Crippen molar-refractivity contribution in [2.75, 3.05) is 13.6 Å². The van der Waals surface area contributed by atoms with Crippen LogP contribution in [0.15, 0.2) is 60.7 Å². The fraction of sp³-hybridized carbons (Fsp3) is 0.208. The first-order valence-electron chi connectivity index (χ1n) is 9.82. The maximum Gasteiger partial charge on any atom is 0.261 e. The van der Waals surface area contributed by atoms with Crippen molar-refractivity contribution in [2.24, 2.45) is 0 Å². The number of amides is 3. The molecule has 1 aliphatic rings. The molecule has 3 aromatic rings. The molecular weight excluding hydrogens is 400 g/mol. The van der Waals surface area contributed by atoms with E-state index in [1.165, 1.54) is 4.90 Å². The van der Waals surface area contributed by atoms with Gasteiger partial charge in [0.1, 0.15) is 0 Å². The molecule has 3 amide bonds. The van der Waals surface area contributed by atoms with Gasteiger partial charge in [0.25, 0.3) is 11.8 Å². The molecule has 30 heavy (non-hydrogen) atoms. The number of nitrogens with zero attached hydrogens (tertiary/aromatic N) is 2. The Kier molecular flexibility index (Phi) is 5.55. The minimum atomic E-state index is -0.302. The summed E-state index contributed by atoms with van der Waals surface area (Å²) in [6, 6.07) is 18.3. The van der Waals surface area contributed by atoms with Crippen molar-refractivity contribution in [2.45, 2.75) is 19.4 Å². The molecular formula is C24H21ClN2O3. The Bertz CT molecular complexity index is 1110. The average Bonchev–Trinajstić information content (AvgIpc) is 2.74. The molecule has 0 atom stereocenters. The first-order valence-corrected chi connectivity index (χ1v) is 10.2. The van der Waals surface area contributed by atoms with Crippen LogP contribution in [0.2, 0.25) is 5.02 Å². The largest absolute Gasteiger partial charge is 0.341 e. The van der Waals surface area contributed by atoms with Crippen LogP contribution in [-0.2, 0) is 11.3 Å². The summed E-state index contributed by atoms with van der Waals surface area (Å²) in [7, 11) is 1.73. The molecule has 0 spiro atoms. The molecule has 0 aromatic heterocycles. The summed E-state index contributed by atoms with van der Waals surface area (Å²) in [5, 5.41) is 2.22. The number of imide groups is 1. The molecule has 0 unspecified atom stereocenters. The smallest absolute Gasteiger partial charge is 0.261 e. The van der Waals surface area contributed by atoms with Gasteiger partial charge >= 0.3 is 0 Å². The minimum absolute atomic E-state index is 0.0469. The molecule has 3 aromatic carbocycles. The van der Waals surface area contributed by atoms with Gasteiger partial charge in [-0.3, -0.25) is 19.3 Å². The van der Waals surface area contributed by atoms with E-state index in [4.69, 9.17) is 11.6 Å². The Morgan fingerprint density at radius 3 is 2.23 bits per heavy atom. The van der Waals surface area contributed by atoms with Crippen LogP contribution >= 0.6 is 11.6 Å². The highest BCUT2D eigenvalue weighted by Crippen LogP contribution is 2.30. The van der Waals surface area contributed by atoms with Crippen molar-refractivity contribution in [1.82, 2.24) is 9.80 Å². The van der Waals surface area contributed by atoms with E-state index in [1.807, 2.05) is 42.5 Å². The van der Waals surface area contributed by atoms with E-state index in [0.29, 0.717) is 34.5 Å². The topological polar surface area (TPSA) is 57.7 Å². The zero-order chi connectivity index (χ0) is 21.3. The van der Waals surface area contributed by atoms with Crippen molar-refractivity contribution in [3.05, 3.63) is 82.4 Å². The molecule has 4 rings (SSSR count). The van der Waals surface area contributed by atoms with Crippen LogP contribution < -0.4 is 0 Å². The predicted molar refractivity (Wildman–Crippen MR) is 116 cm³/mol. The van der Waals surface area contributed by atoms with Crippen molar-refractivity contribution in [3.8, 4) is 0 Å². The minimum Gasteiger partial charge on any atom is -0.341 e. The molecule has 0 saturated heterocycles. The fourth-order valence-corrected chi connectivity index (χ4v) is 4.07. The van der Waals surface area contributed by atoms with Crippen LogP contribution in [0.3, 0.4) is 0 Å². The third-order valence-electron chi connectivity index (χ3n) is 5.36. The predicted octanol–water partition coefficient (Wildman–Crippen LogP) is 4.53. The van der Waals surface area contributed by atoms with Gasteiger partial charge in [-0.05, 0) is 41.6 Å². The second-order valence-corrected chi connectivity index (χ2v) is 7.89. The van der Waals surface area contributed by atoms with E-state index in [0.717, 1.165) is 10.9 Å². The summed E-state index contributed by atoms with van der Waals surface area (Å²) in [6.45, 7) is 0.662. The summed E-state index contributed by atoms with van der Waals surface area (Å²) < 4.78 is 0. The normalized spacial score (nSPS) is 13.1. The highest BCUT2D eigenvalue weighted by Gasteiger charge is 2.32. The molecule has 0 bridgehead atoms. The maximum atomic E-state index is 12.9. The van der Waals surface area contributed by atoms with Crippen molar-refractivity contribution < 1.29 is 14.4 Å². The summed E-state index contributed by atoms with van der Waals surface area (Å²) in [5.74, 6) is -0.651. The number of carbonyl (C=O) groups excluding carboxylic acids is 3. The molecule has 0 radical (unpaired) electrons. The molecule has 0 saturated carbocycles. The number of halogens is 1. The SMILES string of the molecule is CN(Cc1cccc(Cl)c1)C(=O)CCCN1C(=O)c2cccc3cccc(c23)C1=O. The first-order chi connectivity index (χ1) is 14.5. The van der Waals surface area contributed by atoms with Crippen LogP contribution in [-0.4, -0.2) is 41.1 Å². The van der Waals surface area contributed by atoms with Gasteiger partial charge in [-0.25, -0.2) is 0 Å². The molecule has 5 nitrogen and oxygen atoms in total. The lowest BCUT2D eigenvalue weighted by atomic mass is 9.94. The van der Waals surface area contributed by atoms with E-state index in [1.54, 1.807) is 30.1 Å². The number of carbonyl (C=O) groups is 3. The van der Waals surface area contributed by atoms with E-state index in [9.17, 15) is 14.4 Å². The van der Waals surface area contributed by atoms with Crippen LogP contribution in [0.4, 0.5) is 0 Å². The summed E-state index contributed by atoms with van der Waals surface area (Å²) >= 11 is 6.00. The molecule has 1 heterocycles. The van der Waals surface area contributed by atoms with Crippen LogP contribution in [0, 0.1) is 0 Å². The van der Waals surface area contributed by atoms with Crippen LogP contribution in [0.25, 0.3) is 10.8 Å². The van der Waals surface area contributed by atoms with Crippen LogP contribution in [0.1, 0.15) is 39.1 Å². The van der Waals surface area contributed by atoms with Gasteiger partial charge in [0, 0.05) is 48.1 Å². The Hall–Kier alpha value is -3.18. The third-order valence-corrected chi connectivity index (χ3v) is 5.60. The molecule has 0 fully saturated rings. The quantitative estimate of drug-likeness (QED) is 0.550. The van der Waals surface area contributed by atoms with Gasteiger partial charge in [-0.15, -0.1) is 0 Å². The second kappa shape index (κ2) is 8.28. The third kappa shape index (κ3) is 3.81. The summed E-state index contributed by atoms with van der Waals surface area (Å²) in [4.78, 5) is 41.2. The van der Waals surface area contributed by atoms with Crippen molar-refractivity contribution in [3.63, 3.8) is 0 Å². The Balaban J connectivity index is 1.40. The molecule has 6 heteroatoms.